The Kier molecular flexibility index (Phi) is 15.8. The van der Waals surface area contributed by atoms with Gasteiger partial charge in [-0.05, 0) is 20.5 Å². The van der Waals surface area contributed by atoms with Crippen molar-refractivity contribution in [3.05, 3.63) is 0 Å². The van der Waals surface area contributed by atoms with Crippen molar-refractivity contribution in [3.63, 3.8) is 0 Å². The highest BCUT2D eigenvalue weighted by molar-refractivity contribution is 5.76. The van der Waals surface area contributed by atoms with E-state index in [4.69, 9.17) is 0 Å². The van der Waals surface area contributed by atoms with Crippen LogP contribution >= 0.6 is 0 Å². The standard InChI is InChI=1S/C25H52N2O2/c1-7-8-9-10-11-12-13-14-15-16-17-18-19-20-21-22-23-25(24(28)29,26(2)3)27(4,5)6/h7-23H2,1-6H3/p+1. The summed E-state index contributed by atoms with van der Waals surface area (Å²) in [5.74, 6) is -0.712. The first kappa shape index (κ1) is 28.4. The van der Waals surface area contributed by atoms with Crippen LogP contribution in [-0.2, 0) is 4.79 Å². The molecule has 0 aromatic rings. The second kappa shape index (κ2) is 16.1. The van der Waals surface area contributed by atoms with Gasteiger partial charge in [0.1, 0.15) is 0 Å². The third-order valence-electron chi connectivity index (χ3n) is 6.57. The number of carbonyl (C=O) groups is 1. The minimum absolute atomic E-state index is 0.425. The Hall–Kier alpha value is -0.610. The highest BCUT2D eigenvalue weighted by atomic mass is 16.4. The average molecular weight is 414 g/mol. The average Bonchev–Trinajstić information content (AvgIpc) is 2.62. The molecule has 0 aromatic heterocycles. The van der Waals surface area contributed by atoms with Crippen LogP contribution < -0.4 is 0 Å². The number of nitrogens with zero attached hydrogens (tertiary/aromatic N) is 2. The van der Waals surface area contributed by atoms with Crippen LogP contribution in [0.15, 0.2) is 0 Å². The first-order chi connectivity index (χ1) is 13.7. The van der Waals surface area contributed by atoms with Crippen molar-refractivity contribution in [1.29, 1.82) is 0 Å². The van der Waals surface area contributed by atoms with Crippen LogP contribution in [0.5, 0.6) is 0 Å². The molecule has 4 nitrogen and oxygen atoms in total. The Morgan fingerprint density at radius 2 is 1.00 bits per heavy atom. The van der Waals surface area contributed by atoms with Crippen LogP contribution in [0.1, 0.15) is 116 Å². The summed E-state index contributed by atoms with van der Waals surface area (Å²) in [7, 11) is 9.75. The molecule has 0 rings (SSSR count). The van der Waals surface area contributed by atoms with E-state index in [0.29, 0.717) is 10.9 Å². The molecule has 1 unspecified atom stereocenters. The normalized spacial score (nSPS) is 14.3. The molecular weight excluding hydrogens is 360 g/mol. The number of unbranched alkanes of at least 4 members (excludes halogenated alkanes) is 15. The highest BCUT2D eigenvalue weighted by Gasteiger charge is 2.52. The fourth-order valence-corrected chi connectivity index (χ4v) is 4.66. The van der Waals surface area contributed by atoms with Crippen molar-refractivity contribution >= 4 is 5.97 Å². The van der Waals surface area contributed by atoms with Gasteiger partial charge in [0.15, 0.2) is 0 Å². The van der Waals surface area contributed by atoms with Gasteiger partial charge in [-0.25, -0.2) is 9.69 Å². The quantitative estimate of drug-likeness (QED) is 0.137. The Bertz CT molecular complexity index is 404. The Labute approximate surface area is 182 Å². The van der Waals surface area contributed by atoms with E-state index in [9.17, 15) is 9.90 Å². The minimum atomic E-state index is -0.837. The second-order valence-electron chi connectivity index (χ2n) is 10.1. The number of hydrogen-bond acceptors (Lipinski definition) is 2. The lowest BCUT2D eigenvalue weighted by molar-refractivity contribution is -0.927. The molecule has 0 aliphatic heterocycles. The van der Waals surface area contributed by atoms with E-state index >= 15 is 0 Å². The number of quaternary nitrogens is 1. The highest BCUT2D eigenvalue weighted by Crippen LogP contribution is 2.29. The van der Waals surface area contributed by atoms with E-state index in [-0.39, 0.29) is 0 Å². The summed E-state index contributed by atoms with van der Waals surface area (Å²) in [5, 5.41) is 9.90. The van der Waals surface area contributed by atoms with Gasteiger partial charge in [-0.2, -0.15) is 0 Å². The van der Waals surface area contributed by atoms with Crippen molar-refractivity contribution in [2.45, 2.75) is 122 Å². The number of aliphatic carboxylic acids is 1. The molecule has 0 saturated heterocycles. The van der Waals surface area contributed by atoms with E-state index in [1.807, 2.05) is 40.1 Å². The SMILES string of the molecule is CCCCCCCCCCCCCCCCCCC(C(=O)O)(N(C)C)[N+](C)(C)C. The maximum Gasteiger partial charge on any atom is 0.382 e. The van der Waals surface area contributed by atoms with Gasteiger partial charge in [-0.15, -0.1) is 0 Å². The van der Waals surface area contributed by atoms with Gasteiger partial charge >= 0.3 is 5.97 Å². The summed E-state index contributed by atoms with van der Waals surface area (Å²) in [6.45, 7) is 2.28. The van der Waals surface area contributed by atoms with Gasteiger partial charge in [-0.3, -0.25) is 0 Å². The summed E-state index contributed by atoms with van der Waals surface area (Å²) in [6, 6.07) is 0. The molecule has 29 heavy (non-hydrogen) atoms. The molecule has 4 heteroatoms. The molecule has 0 aliphatic rings. The topological polar surface area (TPSA) is 40.5 Å². The number of rotatable bonds is 20. The first-order valence-electron chi connectivity index (χ1n) is 12.4. The van der Waals surface area contributed by atoms with Crippen molar-refractivity contribution in [3.8, 4) is 0 Å². The maximum atomic E-state index is 12.0. The molecular formula is C25H53N2O2+. The van der Waals surface area contributed by atoms with Crippen molar-refractivity contribution < 1.29 is 14.4 Å². The summed E-state index contributed by atoms with van der Waals surface area (Å²) in [5.41, 5.74) is -0.837. The fraction of sp³-hybridized carbons (Fsp3) is 0.960. The zero-order valence-corrected chi connectivity index (χ0v) is 20.8. The maximum absolute atomic E-state index is 12.0. The predicted octanol–water partition coefficient (Wildman–Crippen LogP) is 6.69. The number of carboxylic acid groups (broad SMARTS) is 1. The van der Waals surface area contributed by atoms with Crippen molar-refractivity contribution in [2.24, 2.45) is 0 Å². The lowest BCUT2D eigenvalue weighted by atomic mass is 9.96. The molecule has 0 aliphatic carbocycles. The molecule has 0 fully saturated rings. The minimum Gasteiger partial charge on any atom is -0.476 e. The Morgan fingerprint density at radius 3 is 1.24 bits per heavy atom. The molecule has 0 saturated carbocycles. The third kappa shape index (κ3) is 11.4. The molecule has 0 heterocycles. The molecule has 1 atom stereocenters. The zero-order valence-electron chi connectivity index (χ0n) is 20.8. The van der Waals surface area contributed by atoms with E-state index in [1.54, 1.807) is 0 Å². The van der Waals surface area contributed by atoms with Gasteiger partial charge in [0.25, 0.3) is 5.66 Å². The van der Waals surface area contributed by atoms with E-state index in [1.165, 1.54) is 89.9 Å². The van der Waals surface area contributed by atoms with E-state index in [2.05, 4.69) is 6.92 Å². The van der Waals surface area contributed by atoms with E-state index in [0.717, 1.165) is 12.8 Å². The summed E-state index contributed by atoms with van der Waals surface area (Å²) >= 11 is 0. The molecule has 0 spiro atoms. The molecule has 0 amide bonds. The van der Waals surface area contributed by atoms with Crippen molar-refractivity contribution in [1.82, 2.24) is 4.90 Å². The molecule has 1 N–H and O–H groups in total. The Morgan fingerprint density at radius 1 is 0.690 bits per heavy atom. The number of hydrogen-bond donors (Lipinski definition) is 1. The lowest BCUT2D eigenvalue weighted by Crippen LogP contribution is -2.69. The smallest absolute Gasteiger partial charge is 0.382 e. The zero-order chi connectivity index (χ0) is 22.2. The van der Waals surface area contributed by atoms with Gasteiger partial charge in [-0.1, -0.05) is 103 Å². The van der Waals surface area contributed by atoms with Crippen LogP contribution in [0.3, 0.4) is 0 Å². The second-order valence-corrected chi connectivity index (χ2v) is 10.1. The Balaban J connectivity index is 3.69. The molecule has 0 radical (unpaired) electrons. The van der Waals surface area contributed by atoms with Crippen LogP contribution in [0, 0.1) is 0 Å². The van der Waals surface area contributed by atoms with Gasteiger partial charge in [0, 0.05) is 6.42 Å². The molecule has 0 bridgehead atoms. The van der Waals surface area contributed by atoms with Crippen LogP contribution in [0.25, 0.3) is 0 Å². The van der Waals surface area contributed by atoms with Crippen LogP contribution in [0.4, 0.5) is 0 Å². The number of carboxylic acids is 1. The largest absolute Gasteiger partial charge is 0.476 e. The van der Waals surface area contributed by atoms with Gasteiger partial charge in [0.2, 0.25) is 0 Å². The van der Waals surface area contributed by atoms with Crippen LogP contribution in [-0.4, -0.2) is 61.4 Å². The predicted molar refractivity (Wildman–Crippen MR) is 126 cm³/mol. The molecule has 0 aromatic carbocycles. The summed E-state index contributed by atoms with van der Waals surface area (Å²) in [4.78, 5) is 13.9. The molecule has 174 valence electrons. The van der Waals surface area contributed by atoms with Gasteiger partial charge < -0.3 is 9.59 Å². The van der Waals surface area contributed by atoms with Gasteiger partial charge in [0.05, 0.1) is 21.1 Å². The summed E-state index contributed by atoms with van der Waals surface area (Å²) in [6.07, 6.45) is 22.2. The number of likely N-dealkylation sites (N-methyl/N-ethyl adjacent to an activating group) is 2. The van der Waals surface area contributed by atoms with Crippen molar-refractivity contribution in [2.75, 3.05) is 35.2 Å². The summed E-state index contributed by atoms with van der Waals surface area (Å²) < 4.78 is 0.425. The van der Waals surface area contributed by atoms with E-state index < -0.39 is 11.6 Å². The van der Waals surface area contributed by atoms with Crippen LogP contribution in [0.2, 0.25) is 0 Å². The third-order valence-corrected chi connectivity index (χ3v) is 6.57. The fourth-order valence-electron chi connectivity index (χ4n) is 4.66. The lowest BCUT2D eigenvalue weighted by Gasteiger charge is -2.46. The first-order valence-corrected chi connectivity index (χ1v) is 12.4. The monoisotopic (exact) mass is 413 g/mol.